The monoisotopic (exact) mass is 398 g/mol. The van der Waals surface area contributed by atoms with Gasteiger partial charge in [0, 0.05) is 13.2 Å². The van der Waals surface area contributed by atoms with Gasteiger partial charge in [-0.1, -0.05) is 17.4 Å². The standard InChI is InChI=1S/C16H18N2O4S3/c1-3-22-9-8-18-13-7-6-12(21-2)11-14(13)24-16(18)17-25(19,20)15-5-4-10-23-15/h4-7,10-11H,3,8-9H2,1-2H3/b17-16-. The topological polar surface area (TPSA) is 69.9 Å². The summed E-state index contributed by atoms with van der Waals surface area (Å²) in [4.78, 5) is 0.427. The molecule has 0 bridgehead atoms. The van der Waals surface area contributed by atoms with E-state index >= 15 is 0 Å². The first-order valence-corrected chi connectivity index (χ1v) is 10.8. The first-order chi connectivity index (χ1) is 12.0. The fourth-order valence-corrected chi connectivity index (χ4v) is 5.58. The summed E-state index contributed by atoms with van der Waals surface area (Å²) in [7, 11) is -2.12. The lowest BCUT2D eigenvalue weighted by atomic mass is 10.3. The third-order valence-electron chi connectivity index (χ3n) is 3.50. The molecule has 0 spiro atoms. The van der Waals surface area contributed by atoms with Gasteiger partial charge in [-0.3, -0.25) is 0 Å². The molecule has 1 aromatic carbocycles. The van der Waals surface area contributed by atoms with Crippen LogP contribution in [0, 0.1) is 0 Å². The fraction of sp³-hybridized carbons (Fsp3) is 0.312. The Balaban J connectivity index is 2.15. The Hall–Kier alpha value is -1.68. The van der Waals surface area contributed by atoms with Crippen molar-refractivity contribution in [3.05, 3.63) is 40.5 Å². The smallest absolute Gasteiger partial charge is 0.294 e. The van der Waals surface area contributed by atoms with Gasteiger partial charge in [0.05, 0.1) is 23.9 Å². The number of nitrogens with zero attached hydrogens (tertiary/aromatic N) is 2. The second kappa shape index (κ2) is 7.69. The normalized spacial score (nSPS) is 12.8. The number of thiophene rings is 1. The fourth-order valence-electron chi connectivity index (χ4n) is 2.32. The zero-order valence-corrected chi connectivity index (χ0v) is 16.3. The van der Waals surface area contributed by atoms with Crippen molar-refractivity contribution in [2.45, 2.75) is 17.7 Å². The molecule has 0 saturated carbocycles. The predicted octanol–water partition coefficient (Wildman–Crippen LogP) is 3.10. The van der Waals surface area contributed by atoms with Crippen molar-refractivity contribution in [2.75, 3.05) is 20.3 Å². The van der Waals surface area contributed by atoms with E-state index in [9.17, 15) is 8.42 Å². The van der Waals surface area contributed by atoms with Crippen LogP contribution in [-0.4, -0.2) is 33.3 Å². The molecule has 0 aliphatic heterocycles. The highest BCUT2D eigenvalue weighted by molar-refractivity contribution is 7.92. The number of hydrogen-bond donors (Lipinski definition) is 0. The lowest BCUT2D eigenvalue weighted by Gasteiger charge is -2.06. The van der Waals surface area contributed by atoms with Crippen LogP contribution < -0.4 is 9.54 Å². The van der Waals surface area contributed by atoms with E-state index in [0.717, 1.165) is 27.3 Å². The largest absolute Gasteiger partial charge is 0.497 e. The average molecular weight is 399 g/mol. The van der Waals surface area contributed by atoms with Crippen LogP contribution in [0.3, 0.4) is 0 Å². The first-order valence-electron chi connectivity index (χ1n) is 7.65. The van der Waals surface area contributed by atoms with Crippen LogP contribution in [0.25, 0.3) is 10.2 Å². The van der Waals surface area contributed by atoms with Crippen LogP contribution in [-0.2, 0) is 21.3 Å². The molecule has 0 saturated heterocycles. The zero-order valence-electron chi connectivity index (χ0n) is 13.8. The molecule has 9 heteroatoms. The number of hydrogen-bond acceptors (Lipinski definition) is 6. The number of aromatic nitrogens is 1. The molecule has 0 fully saturated rings. The number of thiazole rings is 1. The van der Waals surface area contributed by atoms with E-state index in [1.165, 1.54) is 11.3 Å². The molecular weight excluding hydrogens is 380 g/mol. The number of fused-ring (bicyclic) bond motifs is 1. The van der Waals surface area contributed by atoms with Gasteiger partial charge in [0.15, 0.2) is 0 Å². The summed E-state index contributed by atoms with van der Waals surface area (Å²) in [6.45, 7) is 3.55. The van der Waals surface area contributed by atoms with Crippen LogP contribution in [0.2, 0.25) is 0 Å². The molecule has 0 aliphatic carbocycles. The molecule has 2 aromatic heterocycles. The van der Waals surface area contributed by atoms with Crippen LogP contribution in [0.4, 0.5) is 0 Å². The number of benzene rings is 1. The number of methoxy groups -OCH3 is 1. The van der Waals surface area contributed by atoms with Crippen molar-refractivity contribution < 1.29 is 17.9 Å². The van der Waals surface area contributed by atoms with Gasteiger partial charge in [-0.2, -0.15) is 8.42 Å². The van der Waals surface area contributed by atoms with E-state index in [1.54, 1.807) is 24.6 Å². The van der Waals surface area contributed by atoms with Crippen LogP contribution in [0.5, 0.6) is 5.75 Å². The lowest BCUT2D eigenvalue weighted by Crippen LogP contribution is -2.19. The Bertz CT molecular complexity index is 1020. The highest BCUT2D eigenvalue weighted by atomic mass is 32.2. The number of sulfonamides is 1. The average Bonchev–Trinajstić information content (AvgIpc) is 3.23. The van der Waals surface area contributed by atoms with Gasteiger partial charge < -0.3 is 14.0 Å². The predicted molar refractivity (Wildman–Crippen MR) is 99.9 cm³/mol. The van der Waals surface area contributed by atoms with Crippen LogP contribution in [0.1, 0.15) is 6.92 Å². The lowest BCUT2D eigenvalue weighted by molar-refractivity contribution is 0.139. The third kappa shape index (κ3) is 3.95. The van der Waals surface area contributed by atoms with Crippen molar-refractivity contribution in [3.8, 4) is 5.75 Å². The summed E-state index contributed by atoms with van der Waals surface area (Å²) in [5.41, 5.74) is 0.908. The van der Waals surface area contributed by atoms with E-state index in [0.29, 0.717) is 24.6 Å². The molecule has 134 valence electrons. The van der Waals surface area contributed by atoms with Crippen molar-refractivity contribution in [1.82, 2.24) is 4.57 Å². The van der Waals surface area contributed by atoms with Crippen molar-refractivity contribution in [3.63, 3.8) is 0 Å². The highest BCUT2D eigenvalue weighted by Crippen LogP contribution is 2.24. The van der Waals surface area contributed by atoms with E-state index in [4.69, 9.17) is 9.47 Å². The van der Waals surface area contributed by atoms with Crippen molar-refractivity contribution in [2.24, 2.45) is 4.40 Å². The Morgan fingerprint density at radius 3 is 2.80 bits per heavy atom. The van der Waals surface area contributed by atoms with Crippen molar-refractivity contribution >= 4 is 42.9 Å². The van der Waals surface area contributed by atoms with Gasteiger partial charge in [-0.15, -0.1) is 15.7 Å². The van der Waals surface area contributed by atoms with Gasteiger partial charge in [0.25, 0.3) is 10.0 Å². The SMILES string of the molecule is CCOCCn1/c(=N/S(=O)(=O)c2cccs2)sc2cc(OC)ccc21. The summed E-state index contributed by atoms with van der Waals surface area (Å²) >= 11 is 2.48. The third-order valence-corrected chi connectivity index (χ3v) is 7.30. The zero-order chi connectivity index (χ0) is 17.9. The summed E-state index contributed by atoms with van der Waals surface area (Å²) in [6, 6.07) is 8.90. The van der Waals surface area contributed by atoms with Gasteiger partial charge in [-0.05, 0) is 36.6 Å². The Kier molecular flexibility index (Phi) is 5.57. The molecule has 25 heavy (non-hydrogen) atoms. The van der Waals surface area contributed by atoms with Crippen molar-refractivity contribution in [1.29, 1.82) is 0 Å². The molecule has 2 heterocycles. The Labute approximate surface area is 154 Å². The molecule has 0 atom stereocenters. The van der Waals surface area contributed by atoms with Gasteiger partial charge >= 0.3 is 0 Å². The maximum Gasteiger partial charge on any atom is 0.294 e. The molecule has 0 unspecified atom stereocenters. The summed E-state index contributed by atoms with van der Waals surface area (Å²) in [6.07, 6.45) is 0. The molecule has 0 N–H and O–H groups in total. The minimum atomic E-state index is -3.73. The second-order valence-corrected chi connectivity index (χ2v) is 8.85. The molecule has 3 rings (SSSR count). The molecule has 6 nitrogen and oxygen atoms in total. The quantitative estimate of drug-likeness (QED) is 0.574. The van der Waals surface area contributed by atoms with E-state index in [-0.39, 0.29) is 4.21 Å². The Morgan fingerprint density at radius 1 is 1.28 bits per heavy atom. The van der Waals surface area contributed by atoms with Gasteiger partial charge in [-0.25, -0.2) is 0 Å². The summed E-state index contributed by atoms with van der Waals surface area (Å²) in [5, 5.41) is 1.72. The van der Waals surface area contributed by atoms with Gasteiger partial charge in [0.2, 0.25) is 4.80 Å². The van der Waals surface area contributed by atoms with E-state index in [2.05, 4.69) is 4.40 Å². The van der Waals surface area contributed by atoms with Crippen LogP contribution >= 0.6 is 22.7 Å². The second-order valence-electron chi connectivity index (χ2n) is 5.07. The molecule has 0 aliphatic rings. The molecule has 0 radical (unpaired) electrons. The van der Waals surface area contributed by atoms with Gasteiger partial charge in [0.1, 0.15) is 9.96 Å². The van der Waals surface area contributed by atoms with E-state index < -0.39 is 10.0 Å². The Morgan fingerprint density at radius 2 is 2.12 bits per heavy atom. The number of ether oxygens (including phenoxy) is 2. The minimum Gasteiger partial charge on any atom is -0.497 e. The molecule has 3 aromatic rings. The highest BCUT2D eigenvalue weighted by Gasteiger charge is 2.16. The van der Waals surface area contributed by atoms with Crippen LogP contribution in [0.15, 0.2) is 44.3 Å². The number of rotatable bonds is 7. The summed E-state index contributed by atoms with van der Waals surface area (Å²) in [5.74, 6) is 0.721. The molecule has 0 amide bonds. The maximum absolute atomic E-state index is 12.5. The molecular formula is C16H18N2O4S3. The summed E-state index contributed by atoms with van der Waals surface area (Å²) < 4.78 is 42.8. The maximum atomic E-state index is 12.5. The minimum absolute atomic E-state index is 0.235. The first kappa shape index (κ1) is 18.1. The van der Waals surface area contributed by atoms with E-state index in [1.807, 2.05) is 29.7 Å².